The molecule has 3 heteroatoms. The summed E-state index contributed by atoms with van der Waals surface area (Å²) in [6, 6.07) is 6.30. The van der Waals surface area contributed by atoms with Gasteiger partial charge in [0.25, 0.3) is 0 Å². The Hall–Kier alpha value is -0.570. The quantitative estimate of drug-likeness (QED) is 0.634. The summed E-state index contributed by atoms with van der Waals surface area (Å²) in [6.07, 6.45) is 0.999. The summed E-state index contributed by atoms with van der Waals surface area (Å²) < 4.78 is 0. The highest BCUT2D eigenvalue weighted by atomic mass is 35.5. The van der Waals surface area contributed by atoms with E-state index in [1.165, 1.54) is 0 Å². The Kier molecular flexibility index (Phi) is 5.20. The Balaban J connectivity index is 2.86. The summed E-state index contributed by atoms with van der Waals surface area (Å²) in [4.78, 5) is 0. The molecule has 0 bridgehead atoms. The van der Waals surface area contributed by atoms with E-state index in [-0.39, 0.29) is 11.5 Å². The van der Waals surface area contributed by atoms with E-state index in [1.54, 1.807) is 0 Å². The largest absolute Gasteiger partial charge is 0.271 e. The molecular formula is C15H25ClN2. The van der Waals surface area contributed by atoms with Crippen LogP contribution in [0.4, 0.5) is 0 Å². The summed E-state index contributed by atoms with van der Waals surface area (Å²) in [5, 5.41) is 0.802. The highest BCUT2D eigenvalue weighted by Gasteiger charge is 2.24. The average Bonchev–Trinajstić information content (AvgIpc) is 2.28. The number of benzene rings is 1. The van der Waals surface area contributed by atoms with Gasteiger partial charge in [-0.25, -0.2) is 0 Å². The lowest BCUT2D eigenvalue weighted by molar-refractivity contribution is 0.223. The van der Waals surface area contributed by atoms with Crippen molar-refractivity contribution in [1.29, 1.82) is 0 Å². The summed E-state index contributed by atoms with van der Waals surface area (Å²) in [5.41, 5.74) is 5.44. The first-order valence-electron chi connectivity index (χ1n) is 6.48. The minimum atomic E-state index is 0.150. The van der Waals surface area contributed by atoms with Crippen LogP contribution in [0.2, 0.25) is 5.02 Å². The molecule has 0 radical (unpaired) electrons. The Morgan fingerprint density at radius 1 is 1.33 bits per heavy atom. The second kappa shape index (κ2) is 6.05. The van der Waals surface area contributed by atoms with Crippen LogP contribution in [0.25, 0.3) is 0 Å². The monoisotopic (exact) mass is 268 g/mol. The Labute approximate surface area is 116 Å². The van der Waals surface area contributed by atoms with Gasteiger partial charge in [0, 0.05) is 11.1 Å². The minimum Gasteiger partial charge on any atom is -0.271 e. The Morgan fingerprint density at radius 3 is 2.39 bits per heavy atom. The average molecular weight is 269 g/mol. The van der Waals surface area contributed by atoms with Crippen LogP contribution in [0.3, 0.4) is 0 Å². The molecule has 0 aliphatic heterocycles. The fourth-order valence-electron chi connectivity index (χ4n) is 1.83. The van der Waals surface area contributed by atoms with Crippen molar-refractivity contribution in [2.24, 2.45) is 17.2 Å². The first kappa shape index (κ1) is 15.5. The van der Waals surface area contributed by atoms with Gasteiger partial charge >= 0.3 is 0 Å². The number of hydrazine groups is 1. The van der Waals surface area contributed by atoms with Gasteiger partial charge in [0.1, 0.15) is 0 Å². The van der Waals surface area contributed by atoms with Crippen molar-refractivity contribution in [1.82, 2.24) is 5.43 Å². The molecule has 0 aliphatic carbocycles. The standard InChI is InChI=1S/C15H25ClN2/c1-10-6-7-12(9-13(10)16)14(18-17)8-11(2)15(3,4)5/h6-7,9,11,14,18H,8,17H2,1-5H3. The maximum Gasteiger partial charge on any atom is 0.0463 e. The molecule has 1 aromatic rings. The second-order valence-electron chi connectivity index (χ2n) is 6.23. The number of rotatable bonds is 4. The third-order valence-corrected chi connectivity index (χ3v) is 4.27. The molecule has 0 aliphatic rings. The van der Waals surface area contributed by atoms with Gasteiger partial charge in [-0.05, 0) is 41.9 Å². The lowest BCUT2D eigenvalue weighted by atomic mass is 9.77. The van der Waals surface area contributed by atoms with Gasteiger partial charge in [-0.15, -0.1) is 0 Å². The molecule has 2 unspecified atom stereocenters. The highest BCUT2D eigenvalue weighted by molar-refractivity contribution is 6.31. The van der Waals surface area contributed by atoms with Gasteiger partial charge in [-0.2, -0.15) is 0 Å². The van der Waals surface area contributed by atoms with Crippen molar-refractivity contribution in [2.75, 3.05) is 0 Å². The van der Waals surface area contributed by atoms with Crippen LogP contribution < -0.4 is 11.3 Å². The van der Waals surface area contributed by atoms with Crippen molar-refractivity contribution in [3.8, 4) is 0 Å². The van der Waals surface area contributed by atoms with E-state index >= 15 is 0 Å². The summed E-state index contributed by atoms with van der Waals surface area (Å²) >= 11 is 6.17. The lowest BCUT2D eigenvalue weighted by Crippen LogP contribution is -2.31. The molecule has 0 saturated heterocycles. The molecule has 102 valence electrons. The van der Waals surface area contributed by atoms with E-state index in [0.717, 1.165) is 22.6 Å². The fourth-order valence-corrected chi connectivity index (χ4v) is 2.02. The van der Waals surface area contributed by atoms with Gasteiger partial charge < -0.3 is 0 Å². The molecule has 0 spiro atoms. The molecule has 0 heterocycles. The van der Waals surface area contributed by atoms with Crippen molar-refractivity contribution in [3.63, 3.8) is 0 Å². The fraction of sp³-hybridized carbons (Fsp3) is 0.600. The molecule has 0 amide bonds. The van der Waals surface area contributed by atoms with Gasteiger partial charge in [0.15, 0.2) is 0 Å². The molecule has 3 N–H and O–H groups in total. The van der Waals surface area contributed by atoms with E-state index in [4.69, 9.17) is 17.4 Å². The number of nitrogens with two attached hydrogens (primary N) is 1. The van der Waals surface area contributed by atoms with Crippen LogP contribution in [0.15, 0.2) is 18.2 Å². The summed E-state index contributed by atoms with van der Waals surface area (Å²) in [7, 11) is 0. The smallest absolute Gasteiger partial charge is 0.0463 e. The molecule has 1 aromatic carbocycles. The van der Waals surface area contributed by atoms with Crippen LogP contribution in [-0.4, -0.2) is 0 Å². The van der Waals surface area contributed by atoms with Gasteiger partial charge in [-0.3, -0.25) is 11.3 Å². The molecule has 0 fully saturated rings. The third kappa shape index (κ3) is 3.98. The zero-order chi connectivity index (χ0) is 13.9. The van der Waals surface area contributed by atoms with Crippen LogP contribution in [0, 0.1) is 18.3 Å². The number of nitrogens with one attached hydrogen (secondary N) is 1. The van der Waals surface area contributed by atoms with Gasteiger partial charge in [0.2, 0.25) is 0 Å². The van der Waals surface area contributed by atoms with Crippen molar-refractivity contribution >= 4 is 11.6 Å². The number of hydrogen-bond acceptors (Lipinski definition) is 2. The summed E-state index contributed by atoms with van der Waals surface area (Å²) in [5.74, 6) is 6.26. The number of aryl methyl sites for hydroxylation is 1. The minimum absolute atomic E-state index is 0.150. The van der Waals surface area contributed by atoms with E-state index < -0.39 is 0 Å². The zero-order valence-corrected chi connectivity index (χ0v) is 12.8. The second-order valence-corrected chi connectivity index (χ2v) is 6.64. The van der Waals surface area contributed by atoms with Crippen LogP contribution >= 0.6 is 11.6 Å². The van der Waals surface area contributed by atoms with E-state index in [9.17, 15) is 0 Å². The molecule has 2 nitrogen and oxygen atoms in total. The molecule has 18 heavy (non-hydrogen) atoms. The Bertz CT molecular complexity index is 396. The molecular weight excluding hydrogens is 244 g/mol. The van der Waals surface area contributed by atoms with Crippen molar-refractivity contribution < 1.29 is 0 Å². The maximum absolute atomic E-state index is 6.17. The first-order chi connectivity index (χ1) is 8.25. The Morgan fingerprint density at radius 2 is 1.94 bits per heavy atom. The topological polar surface area (TPSA) is 38.0 Å². The first-order valence-corrected chi connectivity index (χ1v) is 6.85. The lowest BCUT2D eigenvalue weighted by Gasteiger charge is -2.30. The predicted molar refractivity (Wildman–Crippen MR) is 79.5 cm³/mol. The normalized spacial score (nSPS) is 15.5. The molecule has 1 rings (SSSR count). The maximum atomic E-state index is 6.17. The van der Waals surface area contributed by atoms with E-state index in [1.807, 2.05) is 19.1 Å². The molecule has 2 atom stereocenters. The highest BCUT2D eigenvalue weighted by Crippen LogP contribution is 2.33. The van der Waals surface area contributed by atoms with Gasteiger partial charge in [0.05, 0.1) is 0 Å². The summed E-state index contributed by atoms with van der Waals surface area (Å²) in [6.45, 7) is 11.0. The van der Waals surface area contributed by atoms with Crippen molar-refractivity contribution in [2.45, 2.75) is 47.1 Å². The SMILES string of the molecule is Cc1ccc(C(CC(C)C(C)(C)C)NN)cc1Cl. The predicted octanol–water partition coefficient (Wildman–Crippen LogP) is 4.23. The van der Waals surface area contributed by atoms with E-state index in [2.05, 4.69) is 39.2 Å². The van der Waals surface area contributed by atoms with Crippen LogP contribution in [-0.2, 0) is 0 Å². The molecule has 0 aromatic heterocycles. The zero-order valence-electron chi connectivity index (χ0n) is 12.0. The van der Waals surface area contributed by atoms with Crippen LogP contribution in [0.1, 0.15) is 51.3 Å². The van der Waals surface area contributed by atoms with Gasteiger partial charge in [-0.1, -0.05) is 51.4 Å². The van der Waals surface area contributed by atoms with Crippen LogP contribution in [0.5, 0.6) is 0 Å². The molecule has 0 saturated carbocycles. The van der Waals surface area contributed by atoms with E-state index in [0.29, 0.717) is 5.92 Å². The number of halogens is 1. The van der Waals surface area contributed by atoms with Crippen molar-refractivity contribution in [3.05, 3.63) is 34.3 Å². The third-order valence-electron chi connectivity index (χ3n) is 3.87. The number of hydrogen-bond donors (Lipinski definition) is 2.